The normalized spacial score (nSPS) is 10.8. The van der Waals surface area contributed by atoms with Crippen LogP contribution < -0.4 is 0 Å². The second kappa shape index (κ2) is 5.34. The van der Waals surface area contributed by atoms with Gasteiger partial charge in [-0.1, -0.05) is 20.3 Å². The van der Waals surface area contributed by atoms with Crippen LogP contribution in [-0.4, -0.2) is 4.98 Å². The average molecular weight is 225 g/mol. The van der Waals surface area contributed by atoms with Crippen molar-refractivity contribution in [2.24, 2.45) is 0 Å². The van der Waals surface area contributed by atoms with Gasteiger partial charge in [-0.25, -0.2) is 4.98 Å². The van der Waals surface area contributed by atoms with Gasteiger partial charge in [0.1, 0.15) is 0 Å². The molecule has 0 N–H and O–H groups in total. The Kier molecular flexibility index (Phi) is 5.12. The fourth-order valence-corrected chi connectivity index (χ4v) is 1.63. The van der Waals surface area contributed by atoms with Crippen molar-refractivity contribution in [3.63, 3.8) is 0 Å². The number of nitrogens with zero attached hydrogens (tertiary/aromatic N) is 1. The van der Waals surface area contributed by atoms with E-state index < -0.39 is 11.9 Å². The lowest BCUT2D eigenvalue weighted by Crippen LogP contribution is -2.06. The van der Waals surface area contributed by atoms with Gasteiger partial charge in [0, 0.05) is 4.88 Å². The maximum Gasteiger partial charge on any atom is 0.434 e. The fourth-order valence-electron chi connectivity index (χ4n) is 0.792. The molecule has 1 rings (SSSR count). The highest BCUT2D eigenvalue weighted by Gasteiger charge is 2.35. The Morgan fingerprint density at radius 2 is 1.64 bits per heavy atom. The first kappa shape index (κ1) is 13.4. The highest BCUT2D eigenvalue weighted by Crippen LogP contribution is 2.33. The quantitative estimate of drug-likeness (QED) is 0.645. The van der Waals surface area contributed by atoms with Crippen LogP contribution in [0.5, 0.6) is 0 Å². The number of rotatable bonds is 0. The second-order valence-electron chi connectivity index (χ2n) is 2.84. The zero-order chi connectivity index (χ0) is 11.4. The zero-order valence-corrected chi connectivity index (χ0v) is 9.51. The van der Waals surface area contributed by atoms with Gasteiger partial charge in [0.05, 0.1) is 5.01 Å². The fraction of sp³-hybridized carbons (Fsp3) is 0.667. The van der Waals surface area contributed by atoms with E-state index in [4.69, 9.17) is 0 Å². The molecular weight excluding hydrogens is 211 g/mol. The minimum atomic E-state index is -4.30. The van der Waals surface area contributed by atoms with Crippen LogP contribution in [0.4, 0.5) is 13.2 Å². The molecule has 1 aromatic rings. The van der Waals surface area contributed by atoms with Crippen molar-refractivity contribution < 1.29 is 13.2 Å². The van der Waals surface area contributed by atoms with Crippen LogP contribution in [-0.2, 0) is 6.18 Å². The van der Waals surface area contributed by atoms with Gasteiger partial charge >= 0.3 is 6.18 Å². The van der Waals surface area contributed by atoms with Gasteiger partial charge in [0.15, 0.2) is 5.69 Å². The van der Waals surface area contributed by atoms with E-state index in [-0.39, 0.29) is 4.88 Å². The number of halogens is 3. The number of hydrogen-bond donors (Lipinski definition) is 0. The molecule has 82 valence electrons. The van der Waals surface area contributed by atoms with Crippen molar-refractivity contribution in [1.82, 2.24) is 4.98 Å². The molecule has 1 nitrogen and oxygen atoms in total. The van der Waals surface area contributed by atoms with E-state index in [1.165, 1.54) is 13.3 Å². The Labute approximate surface area is 86.0 Å². The molecule has 14 heavy (non-hydrogen) atoms. The molecule has 1 heterocycles. The van der Waals surface area contributed by atoms with Crippen LogP contribution >= 0.6 is 11.3 Å². The molecular formula is C9H14F3NS. The average Bonchev–Trinajstić information content (AvgIpc) is 2.30. The highest BCUT2D eigenvalue weighted by atomic mass is 32.1. The van der Waals surface area contributed by atoms with E-state index in [0.29, 0.717) is 5.01 Å². The summed E-state index contributed by atoms with van der Waals surface area (Å²) in [6, 6.07) is 0. The van der Waals surface area contributed by atoms with Gasteiger partial charge in [0.2, 0.25) is 0 Å². The van der Waals surface area contributed by atoms with Gasteiger partial charge in [-0.2, -0.15) is 13.2 Å². The summed E-state index contributed by atoms with van der Waals surface area (Å²) in [5.74, 6) is 0. The van der Waals surface area contributed by atoms with Crippen LogP contribution in [0.15, 0.2) is 0 Å². The first-order chi connectivity index (χ1) is 6.32. The van der Waals surface area contributed by atoms with Gasteiger partial charge in [-0.3, -0.25) is 0 Å². The summed E-state index contributed by atoms with van der Waals surface area (Å²) in [6.07, 6.45) is -3.05. The second-order valence-corrected chi connectivity index (χ2v) is 4.25. The van der Waals surface area contributed by atoms with E-state index in [9.17, 15) is 13.2 Å². The predicted octanol–water partition coefficient (Wildman–Crippen LogP) is 4.20. The first-order valence-corrected chi connectivity index (χ1v) is 5.15. The molecule has 0 atom stereocenters. The lowest BCUT2D eigenvalue weighted by atomic mass is 10.4. The molecule has 0 aliphatic carbocycles. The molecule has 5 heteroatoms. The van der Waals surface area contributed by atoms with Gasteiger partial charge in [-0.15, -0.1) is 11.3 Å². The topological polar surface area (TPSA) is 12.9 Å². The molecule has 0 saturated carbocycles. The van der Waals surface area contributed by atoms with Crippen LogP contribution in [0.2, 0.25) is 0 Å². The lowest BCUT2D eigenvalue weighted by Gasteiger charge is -2.01. The third-order valence-electron chi connectivity index (χ3n) is 1.17. The SMILES string of the molecule is CCC.Cc1nc(C(F)(F)F)c(C)s1. The van der Waals surface area contributed by atoms with Crippen molar-refractivity contribution in [2.45, 2.75) is 40.3 Å². The molecule has 0 saturated heterocycles. The van der Waals surface area contributed by atoms with Crippen molar-refractivity contribution in [3.8, 4) is 0 Å². The molecule has 0 fully saturated rings. The molecule has 0 radical (unpaired) electrons. The Hall–Kier alpha value is -0.580. The van der Waals surface area contributed by atoms with Gasteiger partial charge in [-0.05, 0) is 13.8 Å². The Morgan fingerprint density at radius 3 is 1.79 bits per heavy atom. The summed E-state index contributed by atoms with van der Waals surface area (Å²) in [4.78, 5) is 3.61. The Bertz CT molecular complexity index is 278. The van der Waals surface area contributed by atoms with Crippen LogP contribution in [0, 0.1) is 13.8 Å². The van der Waals surface area contributed by atoms with Crippen molar-refractivity contribution in [1.29, 1.82) is 0 Å². The smallest absolute Gasteiger partial charge is 0.237 e. The van der Waals surface area contributed by atoms with E-state index in [2.05, 4.69) is 18.8 Å². The number of aryl methyl sites for hydroxylation is 2. The molecule has 0 aliphatic heterocycles. The molecule has 0 spiro atoms. The number of alkyl halides is 3. The van der Waals surface area contributed by atoms with Crippen LogP contribution in [0.3, 0.4) is 0 Å². The van der Waals surface area contributed by atoms with Gasteiger partial charge in [0.25, 0.3) is 0 Å². The largest absolute Gasteiger partial charge is 0.434 e. The molecule has 1 aromatic heterocycles. The number of hydrogen-bond acceptors (Lipinski definition) is 2. The maximum atomic E-state index is 12.0. The lowest BCUT2D eigenvalue weighted by molar-refractivity contribution is -0.141. The summed E-state index contributed by atoms with van der Waals surface area (Å²) in [6.45, 7) is 7.24. The van der Waals surface area contributed by atoms with Crippen LogP contribution in [0.25, 0.3) is 0 Å². The summed E-state index contributed by atoms with van der Waals surface area (Å²) in [5, 5.41) is 0.454. The minimum Gasteiger partial charge on any atom is -0.237 e. The molecule has 0 aromatic carbocycles. The summed E-state index contributed by atoms with van der Waals surface area (Å²) in [7, 11) is 0. The minimum absolute atomic E-state index is 0.231. The zero-order valence-electron chi connectivity index (χ0n) is 8.70. The molecule has 0 amide bonds. The molecule has 0 bridgehead atoms. The summed E-state index contributed by atoms with van der Waals surface area (Å²) < 4.78 is 36.0. The Morgan fingerprint density at radius 1 is 1.21 bits per heavy atom. The van der Waals surface area contributed by atoms with E-state index >= 15 is 0 Å². The molecule has 0 unspecified atom stereocenters. The van der Waals surface area contributed by atoms with Crippen molar-refractivity contribution in [3.05, 3.63) is 15.6 Å². The van der Waals surface area contributed by atoms with E-state index in [1.807, 2.05) is 0 Å². The number of aromatic nitrogens is 1. The van der Waals surface area contributed by atoms with E-state index in [1.54, 1.807) is 6.92 Å². The standard InChI is InChI=1S/C6H6F3NS.C3H8/c1-3-5(6(7,8)9)10-4(2)11-3;1-3-2/h1-2H3;3H2,1-2H3. The van der Waals surface area contributed by atoms with Crippen LogP contribution in [0.1, 0.15) is 35.8 Å². The summed E-state index contributed by atoms with van der Waals surface area (Å²) >= 11 is 1.06. The number of thiazole rings is 1. The molecule has 0 aliphatic rings. The van der Waals surface area contributed by atoms with Crippen molar-refractivity contribution >= 4 is 11.3 Å². The third kappa shape index (κ3) is 4.09. The third-order valence-corrected chi connectivity index (χ3v) is 2.06. The summed E-state index contributed by atoms with van der Waals surface area (Å²) in [5.41, 5.74) is -0.750. The highest BCUT2D eigenvalue weighted by molar-refractivity contribution is 7.11. The van der Waals surface area contributed by atoms with Gasteiger partial charge < -0.3 is 0 Å². The van der Waals surface area contributed by atoms with E-state index in [0.717, 1.165) is 11.3 Å². The Balaban J connectivity index is 0.000000500. The maximum absolute atomic E-state index is 12.0. The monoisotopic (exact) mass is 225 g/mol. The van der Waals surface area contributed by atoms with Crippen molar-refractivity contribution in [2.75, 3.05) is 0 Å². The predicted molar refractivity (Wildman–Crippen MR) is 52.6 cm³/mol. The first-order valence-electron chi connectivity index (χ1n) is 4.34.